The highest BCUT2D eigenvalue weighted by Gasteiger charge is 2.32. The largest absolute Gasteiger partial charge is 0.497 e. The lowest BCUT2D eigenvalue weighted by Gasteiger charge is -2.38. The summed E-state index contributed by atoms with van der Waals surface area (Å²) in [5.74, 6) is 2.12. The second-order valence-corrected chi connectivity index (χ2v) is 8.30. The zero-order valence-corrected chi connectivity index (χ0v) is 19.2. The van der Waals surface area contributed by atoms with E-state index in [1.54, 1.807) is 18.9 Å². The smallest absolute Gasteiger partial charge is 0.409 e. The SMILES string of the molecule is CCOC(=O)N1CCN(C(=O)C2CCN(Cc3nc(-c4ccc(OC)cc4)no3)CC2)CC1. The Hall–Kier alpha value is -3.14. The number of ether oxygens (including phenoxy) is 2. The van der Waals surface area contributed by atoms with Crippen LogP contribution < -0.4 is 4.74 Å². The molecule has 0 radical (unpaired) electrons. The maximum absolute atomic E-state index is 12.9. The fourth-order valence-corrected chi connectivity index (χ4v) is 4.29. The van der Waals surface area contributed by atoms with E-state index < -0.39 is 0 Å². The number of carbonyl (C=O) groups excluding carboxylic acids is 2. The second-order valence-electron chi connectivity index (χ2n) is 8.30. The Morgan fingerprint density at radius 2 is 1.70 bits per heavy atom. The maximum atomic E-state index is 12.9. The number of benzene rings is 1. The number of piperidine rings is 1. The molecule has 0 atom stereocenters. The zero-order chi connectivity index (χ0) is 23.2. The third kappa shape index (κ3) is 5.62. The quantitative estimate of drug-likeness (QED) is 0.651. The number of hydrogen-bond acceptors (Lipinski definition) is 8. The van der Waals surface area contributed by atoms with Crippen molar-refractivity contribution < 1.29 is 23.6 Å². The van der Waals surface area contributed by atoms with Gasteiger partial charge in [-0.15, -0.1) is 0 Å². The van der Waals surface area contributed by atoms with Crippen LogP contribution in [0, 0.1) is 5.92 Å². The summed E-state index contributed by atoms with van der Waals surface area (Å²) in [6.45, 7) is 6.52. The first-order valence-corrected chi connectivity index (χ1v) is 11.5. The van der Waals surface area contributed by atoms with E-state index in [9.17, 15) is 9.59 Å². The van der Waals surface area contributed by atoms with Crippen molar-refractivity contribution in [3.05, 3.63) is 30.2 Å². The summed E-state index contributed by atoms with van der Waals surface area (Å²) < 4.78 is 15.7. The molecule has 2 saturated heterocycles. The van der Waals surface area contributed by atoms with E-state index in [-0.39, 0.29) is 17.9 Å². The Balaban J connectivity index is 1.23. The van der Waals surface area contributed by atoms with Gasteiger partial charge in [0.1, 0.15) is 5.75 Å². The van der Waals surface area contributed by atoms with E-state index in [0.29, 0.717) is 51.0 Å². The molecule has 178 valence electrons. The molecule has 2 aliphatic heterocycles. The summed E-state index contributed by atoms with van der Waals surface area (Å²) in [5.41, 5.74) is 0.873. The number of methoxy groups -OCH3 is 1. The van der Waals surface area contributed by atoms with Gasteiger partial charge in [0.25, 0.3) is 0 Å². The number of hydrogen-bond donors (Lipinski definition) is 0. The van der Waals surface area contributed by atoms with Gasteiger partial charge in [-0.05, 0) is 57.1 Å². The van der Waals surface area contributed by atoms with E-state index in [1.165, 1.54) is 0 Å². The van der Waals surface area contributed by atoms with Gasteiger partial charge in [-0.1, -0.05) is 5.16 Å². The predicted molar refractivity (Wildman–Crippen MR) is 119 cm³/mol. The first-order chi connectivity index (χ1) is 16.1. The molecule has 0 N–H and O–H groups in total. The number of rotatable bonds is 6. The van der Waals surface area contributed by atoms with Crippen molar-refractivity contribution in [2.24, 2.45) is 5.92 Å². The van der Waals surface area contributed by atoms with Crippen molar-refractivity contribution >= 4 is 12.0 Å². The average molecular weight is 458 g/mol. The molecule has 2 aromatic rings. The summed E-state index contributed by atoms with van der Waals surface area (Å²) >= 11 is 0. The Bertz CT molecular complexity index is 931. The molecule has 0 aliphatic carbocycles. The lowest BCUT2D eigenvalue weighted by Crippen LogP contribution is -2.53. The predicted octanol–water partition coefficient (Wildman–Crippen LogP) is 2.26. The van der Waals surface area contributed by atoms with Crippen molar-refractivity contribution in [1.82, 2.24) is 24.8 Å². The molecule has 0 unspecified atom stereocenters. The molecule has 1 aromatic heterocycles. The molecular weight excluding hydrogens is 426 g/mol. The average Bonchev–Trinajstić information content (AvgIpc) is 3.33. The Morgan fingerprint density at radius 1 is 1.03 bits per heavy atom. The van der Waals surface area contributed by atoms with Crippen molar-refractivity contribution in [2.45, 2.75) is 26.3 Å². The van der Waals surface area contributed by atoms with Crippen LogP contribution in [-0.4, -0.2) is 89.8 Å². The van der Waals surface area contributed by atoms with Gasteiger partial charge < -0.3 is 23.8 Å². The molecule has 10 heteroatoms. The Labute approximate surface area is 193 Å². The molecule has 2 amide bonds. The van der Waals surface area contributed by atoms with Gasteiger partial charge in [-0.25, -0.2) is 4.79 Å². The summed E-state index contributed by atoms with van der Waals surface area (Å²) in [5, 5.41) is 4.09. The van der Waals surface area contributed by atoms with Crippen molar-refractivity contribution in [1.29, 1.82) is 0 Å². The number of nitrogens with zero attached hydrogens (tertiary/aromatic N) is 5. The highest BCUT2D eigenvalue weighted by molar-refractivity contribution is 5.79. The van der Waals surface area contributed by atoms with Crippen LogP contribution in [0.1, 0.15) is 25.7 Å². The first-order valence-electron chi connectivity index (χ1n) is 11.5. The van der Waals surface area contributed by atoms with Gasteiger partial charge >= 0.3 is 6.09 Å². The van der Waals surface area contributed by atoms with E-state index in [0.717, 1.165) is 37.2 Å². The van der Waals surface area contributed by atoms with E-state index in [4.69, 9.17) is 14.0 Å². The van der Waals surface area contributed by atoms with Crippen LogP contribution in [0.3, 0.4) is 0 Å². The van der Waals surface area contributed by atoms with Crippen LogP contribution in [0.2, 0.25) is 0 Å². The summed E-state index contributed by atoms with van der Waals surface area (Å²) in [4.78, 5) is 35.1. The van der Waals surface area contributed by atoms with Crippen LogP contribution in [0.25, 0.3) is 11.4 Å². The van der Waals surface area contributed by atoms with Crippen molar-refractivity contribution in [2.75, 3.05) is 53.0 Å². The van der Waals surface area contributed by atoms with Crippen LogP contribution in [0.4, 0.5) is 4.79 Å². The topological polar surface area (TPSA) is 101 Å². The van der Waals surface area contributed by atoms with E-state index >= 15 is 0 Å². The van der Waals surface area contributed by atoms with Gasteiger partial charge in [-0.3, -0.25) is 9.69 Å². The molecule has 0 bridgehead atoms. The van der Waals surface area contributed by atoms with Gasteiger partial charge in [0.15, 0.2) is 0 Å². The third-order valence-corrected chi connectivity index (χ3v) is 6.23. The van der Waals surface area contributed by atoms with Crippen LogP contribution >= 0.6 is 0 Å². The monoisotopic (exact) mass is 457 g/mol. The van der Waals surface area contributed by atoms with E-state index in [2.05, 4.69) is 15.0 Å². The van der Waals surface area contributed by atoms with Gasteiger partial charge in [0, 0.05) is 37.7 Å². The lowest BCUT2D eigenvalue weighted by atomic mass is 9.95. The van der Waals surface area contributed by atoms with Crippen molar-refractivity contribution in [3.63, 3.8) is 0 Å². The van der Waals surface area contributed by atoms with Gasteiger partial charge in [-0.2, -0.15) is 4.98 Å². The van der Waals surface area contributed by atoms with Crippen LogP contribution in [-0.2, 0) is 16.1 Å². The zero-order valence-electron chi connectivity index (χ0n) is 19.2. The second kappa shape index (κ2) is 10.7. The lowest BCUT2D eigenvalue weighted by molar-refractivity contribution is -0.138. The van der Waals surface area contributed by atoms with Gasteiger partial charge in [0.2, 0.25) is 17.6 Å². The number of piperazine rings is 1. The minimum atomic E-state index is -0.297. The van der Waals surface area contributed by atoms with Crippen LogP contribution in [0.5, 0.6) is 5.75 Å². The number of aromatic nitrogens is 2. The minimum Gasteiger partial charge on any atom is -0.497 e. The fourth-order valence-electron chi connectivity index (χ4n) is 4.29. The number of likely N-dealkylation sites (tertiary alicyclic amines) is 1. The number of carbonyl (C=O) groups is 2. The Morgan fingerprint density at radius 3 is 2.33 bits per heavy atom. The molecule has 2 aliphatic rings. The minimum absolute atomic E-state index is 0.0212. The third-order valence-electron chi connectivity index (χ3n) is 6.23. The first kappa shape index (κ1) is 23.0. The fraction of sp³-hybridized carbons (Fsp3) is 0.565. The molecule has 10 nitrogen and oxygen atoms in total. The molecule has 0 saturated carbocycles. The Kier molecular flexibility index (Phi) is 7.43. The van der Waals surface area contributed by atoms with Crippen LogP contribution in [0.15, 0.2) is 28.8 Å². The van der Waals surface area contributed by atoms with Gasteiger partial charge in [0.05, 0.1) is 20.3 Å². The summed E-state index contributed by atoms with van der Waals surface area (Å²) in [7, 11) is 1.63. The molecule has 2 fully saturated rings. The molecule has 3 heterocycles. The molecule has 4 rings (SSSR count). The number of amides is 2. The molecule has 1 aromatic carbocycles. The highest BCUT2D eigenvalue weighted by atomic mass is 16.6. The molecule has 33 heavy (non-hydrogen) atoms. The van der Waals surface area contributed by atoms with E-state index in [1.807, 2.05) is 29.2 Å². The normalized spacial score (nSPS) is 17.8. The maximum Gasteiger partial charge on any atom is 0.409 e. The van der Waals surface area contributed by atoms with Crippen molar-refractivity contribution in [3.8, 4) is 17.1 Å². The summed E-state index contributed by atoms with van der Waals surface area (Å²) in [6.07, 6.45) is 1.31. The standard InChI is InChI=1S/C23H31N5O5/c1-3-32-23(30)28-14-12-27(13-15-28)22(29)18-8-10-26(11-9-18)16-20-24-21(25-33-20)17-4-6-19(31-2)7-5-17/h4-7,18H,3,8-16H2,1-2H3. The summed E-state index contributed by atoms with van der Waals surface area (Å²) in [6, 6.07) is 7.53. The molecular formula is C23H31N5O5. The highest BCUT2D eigenvalue weighted by Crippen LogP contribution is 2.23. The molecule has 0 spiro atoms.